The van der Waals surface area contributed by atoms with Gasteiger partial charge in [-0.3, -0.25) is 10.1 Å². The molecule has 3 rings (SSSR count). The van der Waals surface area contributed by atoms with Gasteiger partial charge >= 0.3 is 6.03 Å². The number of amides is 3. The Bertz CT molecular complexity index is 721. The van der Waals surface area contributed by atoms with E-state index in [0.29, 0.717) is 11.5 Å². The zero-order valence-electron chi connectivity index (χ0n) is 12.5. The lowest BCUT2D eigenvalue weighted by Gasteiger charge is -2.14. The Morgan fingerprint density at radius 2 is 2.14 bits per heavy atom. The normalized spacial score (nSPS) is 15.4. The molecule has 116 valence electrons. The lowest BCUT2D eigenvalue weighted by Crippen LogP contribution is -2.46. The molecule has 1 aliphatic rings. The molecule has 1 heterocycles. The molecular weight excluding hydrogens is 284 g/mol. The number of aryl methyl sites for hydroxylation is 1. The van der Waals surface area contributed by atoms with Gasteiger partial charge in [0.1, 0.15) is 11.6 Å². The van der Waals surface area contributed by atoms with Gasteiger partial charge in [-0.25, -0.2) is 9.78 Å². The number of anilines is 1. The second kappa shape index (κ2) is 5.67. The number of imide groups is 1. The van der Waals surface area contributed by atoms with Crippen LogP contribution in [0.15, 0.2) is 22.6 Å². The topological polar surface area (TPSA) is 96.3 Å². The summed E-state index contributed by atoms with van der Waals surface area (Å²) in [5.41, 5.74) is 2.16. The van der Waals surface area contributed by atoms with Gasteiger partial charge in [-0.1, -0.05) is 0 Å². The first kappa shape index (κ1) is 14.4. The highest BCUT2D eigenvalue weighted by Crippen LogP contribution is 2.20. The summed E-state index contributed by atoms with van der Waals surface area (Å²) < 4.78 is 5.40. The fourth-order valence-electron chi connectivity index (χ4n) is 2.12. The van der Waals surface area contributed by atoms with Crippen molar-refractivity contribution in [2.24, 2.45) is 0 Å². The van der Waals surface area contributed by atoms with E-state index in [-0.39, 0.29) is 11.9 Å². The number of rotatable bonds is 4. The van der Waals surface area contributed by atoms with Crippen LogP contribution in [-0.2, 0) is 4.79 Å². The number of urea groups is 1. The van der Waals surface area contributed by atoms with Crippen molar-refractivity contribution >= 4 is 28.7 Å². The first-order chi connectivity index (χ1) is 10.5. The molecule has 0 bridgehead atoms. The van der Waals surface area contributed by atoms with Gasteiger partial charge in [0.25, 0.3) is 0 Å². The molecule has 0 radical (unpaired) electrons. The number of oxazole rings is 1. The summed E-state index contributed by atoms with van der Waals surface area (Å²) in [5.74, 6) is 0.212. The molecule has 3 N–H and O–H groups in total. The molecular formula is C15H18N4O3. The number of carbonyl (C=O) groups is 2. The third kappa shape index (κ3) is 3.36. The molecule has 0 spiro atoms. The summed E-state index contributed by atoms with van der Waals surface area (Å²) in [7, 11) is 0. The molecule has 22 heavy (non-hydrogen) atoms. The Labute approximate surface area is 127 Å². The van der Waals surface area contributed by atoms with Gasteiger partial charge < -0.3 is 15.1 Å². The minimum absolute atomic E-state index is 0.217. The molecule has 1 aromatic heterocycles. The monoisotopic (exact) mass is 302 g/mol. The van der Waals surface area contributed by atoms with Crippen molar-refractivity contribution < 1.29 is 14.0 Å². The molecule has 3 amide bonds. The van der Waals surface area contributed by atoms with Crippen molar-refractivity contribution in [1.29, 1.82) is 0 Å². The molecule has 7 nitrogen and oxygen atoms in total. The number of benzene rings is 1. The molecule has 1 aromatic carbocycles. The predicted octanol–water partition coefficient (Wildman–Crippen LogP) is 1.92. The average molecular weight is 302 g/mol. The molecule has 1 fully saturated rings. The largest absolute Gasteiger partial charge is 0.441 e. The van der Waals surface area contributed by atoms with Gasteiger partial charge in [-0.2, -0.15) is 0 Å². The summed E-state index contributed by atoms with van der Waals surface area (Å²) >= 11 is 0. The molecule has 7 heteroatoms. The Morgan fingerprint density at radius 3 is 2.86 bits per heavy atom. The summed E-state index contributed by atoms with van der Waals surface area (Å²) in [5, 5.41) is 8.08. The van der Waals surface area contributed by atoms with Gasteiger partial charge in [-0.05, 0) is 38.0 Å². The van der Waals surface area contributed by atoms with E-state index < -0.39 is 12.1 Å². The van der Waals surface area contributed by atoms with Gasteiger partial charge in [0.05, 0.1) is 0 Å². The summed E-state index contributed by atoms with van der Waals surface area (Å²) in [6.07, 6.45) is 1.96. The number of carbonyl (C=O) groups excluding carboxylic acids is 2. The van der Waals surface area contributed by atoms with E-state index >= 15 is 0 Å². The van der Waals surface area contributed by atoms with Crippen LogP contribution in [0.5, 0.6) is 0 Å². The minimum Gasteiger partial charge on any atom is -0.441 e. The van der Waals surface area contributed by atoms with E-state index in [1.165, 1.54) is 0 Å². The Morgan fingerprint density at radius 1 is 1.36 bits per heavy atom. The number of hydrogen-bond donors (Lipinski definition) is 3. The maximum Gasteiger partial charge on any atom is 0.321 e. The van der Waals surface area contributed by atoms with Gasteiger partial charge in [-0.15, -0.1) is 0 Å². The number of nitrogens with zero attached hydrogens (tertiary/aromatic N) is 1. The van der Waals surface area contributed by atoms with Crippen molar-refractivity contribution in [3.05, 3.63) is 24.1 Å². The first-order valence-electron chi connectivity index (χ1n) is 7.26. The maximum atomic E-state index is 12.0. The molecule has 1 saturated carbocycles. The Balaban J connectivity index is 1.59. The summed E-state index contributed by atoms with van der Waals surface area (Å²) in [6, 6.07) is 4.64. The van der Waals surface area contributed by atoms with Crippen LogP contribution in [0.25, 0.3) is 11.1 Å². The van der Waals surface area contributed by atoms with E-state index in [1.807, 2.05) is 0 Å². The third-order valence-corrected chi connectivity index (χ3v) is 3.42. The zero-order valence-corrected chi connectivity index (χ0v) is 12.5. The fraction of sp³-hybridized carbons (Fsp3) is 0.400. The zero-order chi connectivity index (χ0) is 15.7. The van der Waals surface area contributed by atoms with E-state index in [2.05, 4.69) is 20.9 Å². The lowest BCUT2D eigenvalue weighted by molar-refractivity contribution is -0.120. The molecule has 1 aliphatic carbocycles. The van der Waals surface area contributed by atoms with E-state index in [0.717, 1.165) is 24.0 Å². The van der Waals surface area contributed by atoms with Crippen molar-refractivity contribution in [1.82, 2.24) is 15.6 Å². The third-order valence-electron chi connectivity index (χ3n) is 3.42. The Hall–Kier alpha value is -2.57. The quantitative estimate of drug-likeness (QED) is 0.802. The second-order valence-electron chi connectivity index (χ2n) is 5.52. The van der Waals surface area contributed by atoms with Crippen LogP contribution in [0.3, 0.4) is 0 Å². The van der Waals surface area contributed by atoms with Crippen molar-refractivity contribution in [3.8, 4) is 0 Å². The number of hydrogen-bond acceptors (Lipinski definition) is 5. The lowest BCUT2D eigenvalue weighted by atomic mass is 10.2. The van der Waals surface area contributed by atoms with Crippen LogP contribution in [0, 0.1) is 6.92 Å². The predicted molar refractivity (Wildman–Crippen MR) is 81.5 cm³/mol. The smallest absolute Gasteiger partial charge is 0.321 e. The SMILES string of the molecule is Cc1nc2cc(NC(C)C(=O)NC(=O)NC3CC3)ccc2o1. The summed E-state index contributed by atoms with van der Waals surface area (Å²) in [4.78, 5) is 27.7. The molecule has 1 unspecified atom stereocenters. The number of nitrogens with one attached hydrogen (secondary N) is 3. The van der Waals surface area contributed by atoms with Crippen LogP contribution in [0.4, 0.5) is 10.5 Å². The Kier molecular flexibility index (Phi) is 3.70. The average Bonchev–Trinajstić information content (AvgIpc) is 3.17. The fourth-order valence-corrected chi connectivity index (χ4v) is 2.12. The highest BCUT2D eigenvalue weighted by molar-refractivity contribution is 5.98. The van der Waals surface area contributed by atoms with E-state index in [4.69, 9.17) is 4.42 Å². The summed E-state index contributed by atoms with van der Waals surface area (Å²) in [6.45, 7) is 3.47. The van der Waals surface area contributed by atoms with Crippen LogP contribution in [0.2, 0.25) is 0 Å². The first-order valence-corrected chi connectivity index (χ1v) is 7.26. The number of aromatic nitrogens is 1. The highest BCUT2D eigenvalue weighted by atomic mass is 16.3. The van der Waals surface area contributed by atoms with E-state index in [9.17, 15) is 9.59 Å². The second-order valence-corrected chi connectivity index (χ2v) is 5.52. The van der Waals surface area contributed by atoms with Crippen LogP contribution in [0.1, 0.15) is 25.7 Å². The van der Waals surface area contributed by atoms with Crippen molar-refractivity contribution in [2.45, 2.75) is 38.8 Å². The number of fused-ring (bicyclic) bond motifs is 1. The standard InChI is InChI=1S/C15H18N4O3/c1-8(14(20)19-15(21)18-10-3-4-10)16-11-5-6-13-12(7-11)17-9(2)22-13/h5-8,10,16H,3-4H2,1-2H3,(H2,18,19,20,21). The molecule has 1 atom stereocenters. The maximum absolute atomic E-state index is 12.0. The van der Waals surface area contributed by atoms with Crippen molar-refractivity contribution in [2.75, 3.05) is 5.32 Å². The molecule has 0 aliphatic heterocycles. The van der Waals surface area contributed by atoms with Crippen LogP contribution >= 0.6 is 0 Å². The molecule has 0 saturated heterocycles. The molecule has 2 aromatic rings. The van der Waals surface area contributed by atoms with Gasteiger partial charge in [0.2, 0.25) is 5.91 Å². The van der Waals surface area contributed by atoms with E-state index in [1.54, 1.807) is 32.0 Å². The van der Waals surface area contributed by atoms with Crippen LogP contribution < -0.4 is 16.0 Å². The van der Waals surface area contributed by atoms with Crippen molar-refractivity contribution in [3.63, 3.8) is 0 Å². The van der Waals surface area contributed by atoms with Gasteiger partial charge in [0, 0.05) is 18.7 Å². The highest BCUT2D eigenvalue weighted by Gasteiger charge is 2.24. The minimum atomic E-state index is -0.546. The van der Waals surface area contributed by atoms with Gasteiger partial charge in [0.15, 0.2) is 11.5 Å². The van der Waals surface area contributed by atoms with Crippen LogP contribution in [-0.4, -0.2) is 29.0 Å².